The van der Waals surface area contributed by atoms with Gasteiger partial charge in [0.1, 0.15) is 13.2 Å². The van der Waals surface area contributed by atoms with E-state index in [-0.39, 0.29) is 11.4 Å². The summed E-state index contributed by atoms with van der Waals surface area (Å²) in [6.07, 6.45) is 0. The summed E-state index contributed by atoms with van der Waals surface area (Å²) in [5.41, 5.74) is 0.526. The Bertz CT molecular complexity index is 1200. The molecule has 7 nitrogen and oxygen atoms in total. The molecule has 0 bridgehead atoms. The molecule has 1 aliphatic heterocycles. The van der Waals surface area contributed by atoms with Gasteiger partial charge in [0.05, 0.1) is 17.1 Å². The number of fused-ring (bicyclic) bond motifs is 1. The summed E-state index contributed by atoms with van der Waals surface area (Å²) in [5.74, 6) is 0.685. The molecule has 0 fully saturated rings. The fourth-order valence-electron chi connectivity index (χ4n) is 3.12. The van der Waals surface area contributed by atoms with Gasteiger partial charge in [-0.2, -0.15) is 4.31 Å². The molecule has 0 atom stereocenters. The number of anilines is 1. The van der Waals surface area contributed by atoms with E-state index in [0.717, 1.165) is 14.1 Å². The van der Waals surface area contributed by atoms with E-state index in [1.807, 2.05) is 36.4 Å². The molecule has 1 aliphatic rings. The smallest absolute Gasteiger partial charge is 0.243 e. The Balaban J connectivity index is 1.55. The van der Waals surface area contributed by atoms with Crippen molar-refractivity contribution in [3.8, 4) is 11.5 Å². The molecule has 1 heterocycles. The minimum atomic E-state index is -3.78. The van der Waals surface area contributed by atoms with Crippen LogP contribution in [0.1, 0.15) is 0 Å². The SMILES string of the molecule is CN(CC(=O)Nc1cc2c(cc1Sc1ccccc1)OCCO2)S(=O)(=O)c1ccccc1. The summed E-state index contributed by atoms with van der Waals surface area (Å²) in [4.78, 5) is 14.7. The standard InChI is InChI=1S/C23H22N2O5S2/c1-25(32(27,28)18-10-6-3-7-11-18)16-23(26)24-19-14-20-21(30-13-12-29-20)15-22(19)31-17-8-4-2-5-9-17/h2-11,14-15H,12-13,16H2,1H3,(H,24,26). The molecule has 3 aromatic carbocycles. The highest BCUT2D eigenvalue weighted by atomic mass is 32.2. The summed E-state index contributed by atoms with van der Waals surface area (Å²) < 4.78 is 37.8. The van der Waals surface area contributed by atoms with Gasteiger partial charge >= 0.3 is 0 Å². The number of amides is 1. The molecule has 3 aromatic rings. The van der Waals surface area contributed by atoms with E-state index in [9.17, 15) is 13.2 Å². The fourth-order valence-corrected chi connectivity index (χ4v) is 5.20. The highest BCUT2D eigenvalue weighted by molar-refractivity contribution is 7.99. The van der Waals surface area contributed by atoms with Crippen LogP contribution in [-0.4, -0.2) is 45.4 Å². The third-order valence-corrected chi connectivity index (χ3v) is 7.59. The highest BCUT2D eigenvalue weighted by Crippen LogP contribution is 2.42. The minimum Gasteiger partial charge on any atom is -0.486 e. The zero-order valence-electron chi connectivity index (χ0n) is 17.4. The Hall–Kier alpha value is -3.01. The van der Waals surface area contributed by atoms with Gasteiger partial charge in [0.2, 0.25) is 15.9 Å². The van der Waals surface area contributed by atoms with Crippen LogP contribution in [0.25, 0.3) is 0 Å². The van der Waals surface area contributed by atoms with E-state index < -0.39 is 15.9 Å². The van der Waals surface area contributed by atoms with Gasteiger partial charge in [-0.25, -0.2) is 8.42 Å². The Morgan fingerprint density at radius 1 is 0.969 bits per heavy atom. The van der Waals surface area contributed by atoms with Crippen molar-refractivity contribution < 1.29 is 22.7 Å². The molecule has 0 aromatic heterocycles. The maximum atomic E-state index is 12.8. The Morgan fingerprint density at radius 2 is 1.56 bits per heavy atom. The van der Waals surface area contributed by atoms with Crippen LogP contribution in [0.5, 0.6) is 11.5 Å². The normalized spacial score (nSPS) is 13.1. The molecule has 4 rings (SSSR count). The molecule has 1 amide bonds. The number of hydrogen-bond donors (Lipinski definition) is 1. The van der Waals surface area contributed by atoms with Crippen LogP contribution >= 0.6 is 11.8 Å². The monoisotopic (exact) mass is 470 g/mol. The third kappa shape index (κ3) is 5.07. The second-order valence-electron chi connectivity index (χ2n) is 7.03. The molecule has 0 saturated carbocycles. The van der Waals surface area contributed by atoms with Crippen LogP contribution < -0.4 is 14.8 Å². The molecule has 9 heteroatoms. The van der Waals surface area contributed by atoms with Gasteiger partial charge in [-0.05, 0) is 24.3 Å². The number of benzene rings is 3. The zero-order valence-corrected chi connectivity index (χ0v) is 19.0. The number of nitrogens with one attached hydrogen (secondary N) is 1. The number of carbonyl (C=O) groups is 1. The van der Waals surface area contributed by atoms with E-state index in [4.69, 9.17) is 9.47 Å². The molecule has 0 saturated heterocycles. The van der Waals surface area contributed by atoms with Gasteiger partial charge in [-0.15, -0.1) is 0 Å². The first kappa shape index (κ1) is 22.2. The van der Waals surface area contributed by atoms with E-state index in [1.54, 1.807) is 24.3 Å². The lowest BCUT2D eigenvalue weighted by molar-refractivity contribution is -0.116. The van der Waals surface area contributed by atoms with Crippen molar-refractivity contribution in [1.82, 2.24) is 4.31 Å². The molecule has 32 heavy (non-hydrogen) atoms. The van der Waals surface area contributed by atoms with E-state index in [1.165, 1.54) is 30.9 Å². The van der Waals surface area contributed by atoms with Crippen LogP contribution in [0, 0.1) is 0 Å². The van der Waals surface area contributed by atoms with Crippen LogP contribution in [0.3, 0.4) is 0 Å². The first-order chi connectivity index (χ1) is 15.4. The van der Waals surface area contributed by atoms with Crippen LogP contribution in [0.4, 0.5) is 5.69 Å². The molecule has 0 unspecified atom stereocenters. The van der Waals surface area contributed by atoms with Crippen molar-refractivity contribution in [3.05, 3.63) is 72.8 Å². The highest BCUT2D eigenvalue weighted by Gasteiger charge is 2.24. The predicted octanol–water partition coefficient (Wildman–Crippen LogP) is 3.87. The molecule has 0 spiro atoms. The maximum absolute atomic E-state index is 12.8. The molecule has 0 radical (unpaired) electrons. The van der Waals surface area contributed by atoms with E-state index >= 15 is 0 Å². The number of likely N-dealkylation sites (N-methyl/N-ethyl adjacent to an activating group) is 1. The second kappa shape index (κ2) is 9.64. The quantitative estimate of drug-likeness (QED) is 0.564. The number of rotatable bonds is 7. The zero-order chi connectivity index (χ0) is 22.6. The molecule has 1 N–H and O–H groups in total. The number of carbonyl (C=O) groups excluding carboxylic acids is 1. The fraction of sp³-hybridized carbons (Fsp3) is 0.174. The van der Waals surface area contributed by atoms with Crippen molar-refractivity contribution >= 4 is 33.4 Å². The molecule has 0 aliphatic carbocycles. The van der Waals surface area contributed by atoms with Gasteiger partial charge in [0.15, 0.2) is 11.5 Å². The van der Waals surface area contributed by atoms with Gasteiger partial charge in [0, 0.05) is 29.0 Å². The van der Waals surface area contributed by atoms with E-state index in [0.29, 0.717) is 30.4 Å². The van der Waals surface area contributed by atoms with Crippen molar-refractivity contribution in [3.63, 3.8) is 0 Å². The van der Waals surface area contributed by atoms with Crippen LogP contribution in [0.2, 0.25) is 0 Å². The van der Waals surface area contributed by atoms with E-state index in [2.05, 4.69) is 5.32 Å². The first-order valence-electron chi connectivity index (χ1n) is 9.91. The van der Waals surface area contributed by atoms with Gasteiger partial charge < -0.3 is 14.8 Å². The summed E-state index contributed by atoms with van der Waals surface area (Å²) in [6.45, 7) is 0.543. The van der Waals surface area contributed by atoms with Gasteiger partial charge in [0.25, 0.3) is 0 Å². The average Bonchev–Trinajstić information content (AvgIpc) is 2.80. The van der Waals surface area contributed by atoms with Crippen molar-refractivity contribution in [2.75, 3.05) is 32.1 Å². The summed E-state index contributed by atoms with van der Waals surface area (Å²) in [6, 6.07) is 21.3. The Labute approximate surface area is 191 Å². The average molecular weight is 471 g/mol. The lowest BCUT2D eigenvalue weighted by atomic mass is 10.2. The number of sulfonamides is 1. The third-order valence-electron chi connectivity index (χ3n) is 4.71. The van der Waals surface area contributed by atoms with Crippen LogP contribution in [0.15, 0.2) is 87.5 Å². The topological polar surface area (TPSA) is 84.9 Å². The number of nitrogens with zero attached hydrogens (tertiary/aromatic N) is 1. The second-order valence-corrected chi connectivity index (χ2v) is 10.2. The number of hydrogen-bond acceptors (Lipinski definition) is 6. The lowest BCUT2D eigenvalue weighted by Gasteiger charge is -2.22. The Morgan fingerprint density at radius 3 is 2.22 bits per heavy atom. The lowest BCUT2D eigenvalue weighted by Crippen LogP contribution is -2.35. The predicted molar refractivity (Wildman–Crippen MR) is 123 cm³/mol. The largest absolute Gasteiger partial charge is 0.486 e. The van der Waals surface area contributed by atoms with Crippen molar-refractivity contribution in [2.24, 2.45) is 0 Å². The maximum Gasteiger partial charge on any atom is 0.243 e. The van der Waals surface area contributed by atoms with Gasteiger partial charge in [-0.1, -0.05) is 48.2 Å². The summed E-state index contributed by atoms with van der Waals surface area (Å²) in [5, 5.41) is 2.83. The minimum absolute atomic E-state index is 0.134. The van der Waals surface area contributed by atoms with Gasteiger partial charge in [-0.3, -0.25) is 4.79 Å². The number of ether oxygens (including phenoxy) is 2. The molecular formula is C23H22N2O5S2. The Kier molecular flexibility index (Phi) is 6.69. The van der Waals surface area contributed by atoms with Crippen molar-refractivity contribution in [1.29, 1.82) is 0 Å². The molecule has 166 valence electrons. The summed E-state index contributed by atoms with van der Waals surface area (Å²) in [7, 11) is -2.40. The van der Waals surface area contributed by atoms with Crippen LogP contribution in [-0.2, 0) is 14.8 Å². The van der Waals surface area contributed by atoms with Crippen molar-refractivity contribution in [2.45, 2.75) is 14.7 Å². The summed E-state index contributed by atoms with van der Waals surface area (Å²) >= 11 is 1.47. The molecular weight excluding hydrogens is 448 g/mol. The first-order valence-corrected chi connectivity index (χ1v) is 12.2.